The summed E-state index contributed by atoms with van der Waals surface area (Å²) < 4.78 is 10.1. The number of hydrogen-bond donors (Lipinski definition) is 2. The van der Waals surface area contributed by atoms with Crippen LogP contribution in [0.1, 0.15) is 61.3 Å². The molecule has 0 aliphatic heterocycles. The molecule has 1 unspecified atom stereocenters. The molecule has 6 heteroatoms. The maximum atomic E-state index is 11.5. The molecule has 136 valence electrons. The molecule has 0 rings (SSSR count). The topological polar surface area (TPSA) is 76.7 Å². The van der Waals surface area contributed by atoms with Crippen molar-refractivity contribution in [1.29, 1.82) is 0 Å². The second-order valence-corrected chi connectivity index (χ2v) is 7.45. The molecule has 0 aliphatic carbocycles. The second-order valence-electron chi connectivity index (χ2n) is 7.45. The van der Waals surface area contributed by atoms with E-state index in [4.69, 9.17) is 9.47 Å². The lowest BCUT2D eigenvalue weighted by atomic mass is 9.82. The van der Waals surface area contributed by atoms with E-state index in [9.17, 15) is 9.59 Å². The van der Waals surface area contributed by atoms with Gasteiger partial charge in [-0.05, 0) is 51.9 Å². The summed E-state index contributed by atoms with van der Waals surface area (Å²) in [6.45, 7) is 14.8. The molecule has 0 aromatic heterocycles. The van der Waals surface area contributed by atoms with E-state index in [1.165, 1.54) is 0 Å². The van der Waals surface area contributed by atoms with Gasteiger partial charge in [-0.15, -0.1) is 0 Å². The zero-order valence-corrected chi connectivity index (χ0v) is 15.7. The van der Waals surface area contributed by atoms with Crippen LogP contribution in [-0.4, -0.2) is 37.5 Å². The Balaban J connectivity index is 4.00. The Morgan fingerprint density at radius 1 is 0.913 bits per heavy atom. The molecule has 0 heterocycles. The summed E-state index contributed by atoms with van der Waals surface area (Å²) in [5.74, 6) is 0.423. The Labute approximate surface area is 140 Å². The molecule has 2 amide bonds. The minimum absolute atomic E-state index is 0.0339. The molecule has 0 bridgehead atoms. The van der Waals surface area contributed by atoms with Crippen LogP contribution in [0, 0.1) is 11.3 Å². The van der Waals surface area contributed by atoms with Crippen LogP contribution in [0.25, 0.3) is 0 Å². The van der Waals surface area contributed by atoms with Crippen molar-refractivity contribution < 1.29 is 19.1 Å². The van der Waals surface area contributed by atoms with Gasteiger partial charge in [-0.25, -0.2) is 9.59 Å². The Bertz CT molecular complexity index is 368. The molecule has 2 N–H and O–H groups in total. The van der Waals surface area contributed by atoms with E-state index in [0.717, 1.165) is 12.8 Å². The number of ether oxygens (including phenoxy) is 2. The summed E-state index contributed by atoms with van der Waals surface area (Å²) in [5, 5.41) is 5.56. The van der Waals surface area contributed by atoms with Gasteiger partial charge in [0.25, 0.3) is 0 Å². The van der Waals surface area contributed by atoms with Gasteiger partial charge in [-0.3, -0.25) is 0 Å². The Hall–Kier alpha value is -1.46. The van der Waals surface area contributed by atoms with E-state index in [0.29, 0.717) is 19.0 Å². The Morgan fingerprint density at radius 2 is 1.39 bits per heavy atom. The Kier molecular flexibility index (Phi) is 9.68. The first-order valence-electron chi connectivity index (χ1n) is 8.41. The summed E-state index contributed by atoms with van der Waals surface area (Å²) in [7, 11) is 0. The van der Waals surface area contributed by atoms with Crippen molar-refractivity contribution >= 4 is 12.2 Å². The normalized spacial score (nSPS) is 12.9. The van der Waals surface area contributed by atoms with Crippen molar-refractivity contribution in [3.8, 4) is 0 Å². The maximum Gasteiger partial charge on any atom is 0.407 e. The highest BCUT2D eigenvalue weighted by atomic mass is 16.6. The van der Waals surface area contributed by atoms with Crippen molar-refractivity contribution in [2.45, 2.75) is 73.5 Å². The zero-order valence-electron chi connectivity index (χ0n) is 15.7. The van der Waals surface area contributed by atoms with E-state index in [1.807, 2.05) is 27.7 Å². The molecular weight excluding hydrogens is 296 g/mol. The van der Waals surface area contributed by atoms with E-state index in [2.05, 4.69) is 31.4 Å². The number of carbonyl (C=O) groups is 2. The molecule has 0 fully saturated rings. The molecule has 0 aliphatic rings. The van der Waals surface area contributed by atoms with Gasteiger partial charge in [0.1, 0.15) is 0 Å². The fourth-order valence-corrected chi connectivity index (χ4v) is 2.36. The predicted molar refractivity (Wildman–Crippen MR) is 91.4 cm³/mol. The fraction of sp³-hybridized carbons (Fsp3) is 0.882. The Morgan fingerprint density at radius 3 is 1.87 bits per heavy atom. The minimum atomic E-state index is -0.376. The summed E-state index contributed by atoms with van der Waals surface area (Å²) in [5.41, 5.74) is -0.0339. The van der Waals surface area contributed by atoms with Crippen LogP contribution < -0.4 is 10.6 Å². The number of rotatable bonds is 9. The monoisotopic (exact) mass is 330 g/mol. The van der Waals surface area contributed by atoms with Gasteiger partial charge in [0.2, 0.25) is 0 Å². The van der Waals surface area contributed by atoms with Crippen molar-refractivity contribution in [1.82, 2.24) is 10.6 Å². The molecule has 0 aromatic rings. The first kappa shape index (κ1) is 21.5. The van der Waals surface area contributed by atoms with Crippen molar-refractivity contribution in [2.75, 3.05) is 13.1 Å². The van der Waals surface area contributed by atoms with Crippen LogP contribution in [0.5, 0.6) is 0 Å². The van der Waals surface area contributed by atoms with Crippen molar-refractivity contribution in [3.63, 3.8) is 0 Å². The van der Waals surface area contributed by atoms with Gasteiger partial charge >= 0.3 is 12.2 Å². The van der Waals surface area contributed by atoms with Crippen LogP contribution in [0.4, 0.5) is 9.59 Å². The second kappa shape index (κ2) is 10.3. The van der Waals surface area contributed by atoms with Crippen LogP contribution >= 0.6 is 0 Å². The highest BCUT2D eigenvalue weighted by Crippen LogP contribution is 2.26. The van der Waals surface area contributed by atoms with Crippen LogP contribution in [0.3, 0.4) is 0 Å². The first-order valence-corrected chi connectivity index (χ1v) is 8.41. The molecule has 23 heavy (non-hydrogen) atoms. The quantitative estimate of drug-likeness (QED) is 0.676. The highest BCUT2D eigenvalue weighted by Gasteiger charge is 2.22. The molecule has 0 saturated heterocycles. The summed E-state index contributed by atoms with van der Waals surface area (Å²) >= 11 is 0. The average Bonchev–Trinajstić information content (AvgIpc) is 2.34. The van der Waals surface area contributed by atoms with Crippen LogP contribution in [0.2, 0.25) is 0 Å². The standard InChI is InChI=1S/C17H34N2O4/c1-12(2)22-15(20)18-9-8-14(5)10-17(6,7)11-19-16(21)23-13(3)4/h12-14H,8-11H2,1-7H3,(H,18,20)(H,19,21). The van der Waals surface area contributed by atoms with E-state index >= 15 is 0 Å². The summed E-state index contributed by atoms with van der Waals surface area (Å²) in [6, 6.07) is 0. The van der Waals surface area contributed by atoms with Crippen molar-refractivity contribution in [2.24, 2.45) is 11.3 Å². The third kappa shape index (κ3) is 12.7. The molecular formula is C17H34N2O4. The lowest BCUT2D eigenvalue weighted by Crippen LogP contribution is -2.36. The molecule has 0 radical (unpaired) electrons. The first-order chi connectivity index (χ1) is 10.5. The molecule has 6 nitrogen and oxygen atoms in total. The van der Waals surface area contributed by atoms with Gasteiger partial charge < -0.3 is 20.1 Å². The highest BCUT2D eigenvalue weighted by molar-refractivity contribution is 5.67. The largest absolute Gasteiger partial charge is 0.447 e. The fourth-order valence-electron chi connectivity index (χ4n) is 2.36. The van der Waals surface area contributed by atoms with Gasteiger partial charge in [-0.2, -0.15) is 0 Å². The molecule has 1 atom stereocenters. The minimum Gasteiger partial charge on any atom is -0.447 e. The summed E-state index contributed by atoms with van der Waals surface area (Å²) in [4.78, 5) is 22.9. The maximum absolute atomic E-state index is 11.5. The molecule has 0 saturated carbocycles. The third-order valence-electron chi connectivity index (χ3n) is 3.20. The lowest BCUT2D eigenvalue weighted by Gasteiger charge is -2.28. The van der Waals surface area contributed by atoms with Crippen LogP contribution in [0.15, 0.2) is 0 Å². The average molecular weight is 330 g/mol. The smallest absolute Gasteiger partial charge is 0.407 e. The van der Waals surface area contributed by atoms with Gasteiger partial charge in [0.15, 0.2) is 0 Å². The predicted octanol–water partition coefficient (Wildman–Crippen LogP) is 3.70. The van der Waals surface area contributed by atoms with E-state index in [-0.39, 0.29) is 29.8 Å². The van der Waals surface area contributed by atoms with Crippen LogP contribution in [-0.2, 0) is 9.47 Å². The number of nitrogens with one attached hydrogen (secondary N) is 2. The van der Waals surface area contributed by atoms with Gasteiger partial charge in [0, 0.05) is 13.1 Å². The number of carbonyl (C=O) groups excluding carboxylic acids is 2. The molecule has 0 spiro atoms. The van der Waals surface area contributed by atoms with Gasteiger partial charge in [-0.1, -0.05) is 20.8 Å². The third-order valence-corrected chi connectivity index (χ3v) is 3.20. The van der Waals surface area contributed by atoms with Crippen molar-refractivity contribution in [3.05, 3.63) is 0 Å². The number of hydrogen-bond acceptors (Lipinski definition) is 4. The number of alkyl carbamates (subject to hydrolysis) is 2. The van der Waals surface area contributed by atoms with Gasteiger partial charge in [0.05, 0.1) is 12.2 Å². The number of amides is 2. The van der Waals surface area contributed by atoms with E-state index < -0.39 is 0 Å². The zero-order chi connectivity index (χ0) is 18.0. The lowest BCUT2D eigenvalue weighted by molar-refractivity contribution is 0.109. The SMILES string of the molecule is CC(CCNC(=O)OC(C)C)CC(C)(C)CNC(=O)OC(C)C. The van der Waals surface area contributed by atoms with E-state index in [1.54, 1.807) is 0 Å². The summed E-state index contributed by atoms with van der Waals surface area (Å²) in [6.07, 6.45) is 0.836. The molecule has 0 aromatic carbocycles.